The van der Waals surface area contributed by atoms with Gasteiger partial charge in [-0.2, -0.15) is 0 Å². The highest BCUT2D eigenvalue weighted by atomic mass is 32.1. The van der Waals surface area contributed by atoms with Crippen molar-refractivity contribution in [3.8, 4) is 5.75 Å². The van der Waals surface area contributed by atoms with E-state index >= 15 is 0 Å². The number of rotatable bonds is 4. The minimum Gasteiger partial charge on any atom is -0.491 e. The number of ether oxygens (including phenoxy) is 1. The van der Waals surface area contributed by atoms with E-state index in [1.807, 2.05) is 32.0 Å². The first-order valence-corrected chi connectivity index (χ1v) is 6.18. The normalized spacial score (nSPS) is 12.9. The highest BCUT2D eigenvalue weighted by molar-refractivity contribution is 7.18. The summed E-state index contributed by atoms with van der Waals surface area (Å²) in [6, 6.07) is 5.84. The highest BCUT2D eigenvalue weighted by Gasteiger charge is 2.04. The fraction of sp³-hybridized carbons (Fsp3) is 0.417. The van der Waals surface area contributed by atoms with Crippen molar-refractivity contribution in [2.45, 2.75) is 26.4 Å². The van der Waals surface area contributed by atoms with E-state index in [1.165, 1.54) is 4.70 Å². The second-order valence-corrected chi connectivity index (χ2v) is 4.97. The van der Waals surface area contributed by atoms with E-state index in [0.717, 1.165) is 16.3 Å². The summed E-state index contributed by atoms with van der Waals surface area (Å²) in [7, 11) is 0. The molecular weight excluding hydrogens is 222 g/mol. The van der Waals surface area contributed by atoms with Crippen molar-refractivity contribution in [1.29, 1.82) is 0 Å². The predicted molar refractivity (Wildman–Crippen MR) is 66.1 cm³/mol. The van der Waals surface area contributed by atoms with Crippen LogP contribution in [0.3, 0.4) is 0 Å². The van der Waals surface area contributed by atoms with Gasteiger partial charge in [-0.25, -0.2) is 4.98 Å². The molecule has 1 unspecified atom stereocenters. The first-order chi connectivity index (χ1) is 7.69. The van der Waals surface area contributed by atoms with E-state index in [2.05, 4.69) is 4.98 Å². The molecule has 1 aromatic heterocycles. The first-order valence-electron chi connectivity index (χ1n) is 5.37. The molecule has 2 rings (SSSR count). The van der Waals surface area contributed by atoms with Gasteiger partial charge in [0.2, 0.25) is 0 Å². The van der Waals surface area contributed by atoms with Gasteiger partial charge in [-0.3, -0.25) is 0 Å². The SMILES string of the molecule is CCC(O)COc1ccc2sc(C)nc2c1. The Morgan fingerprint density at radius 3 is 3.06 bits per heavy atom. The fourth-order valence-electron chi connectivity index (χ4n) is 1.42. The summed E-state index contributed by atoms with van der Waals surface area (Å²) in [4.78, 5) is 4.40. The second-order valence-electron chi connectivity index (χ2n) is 3.74. The number of hydrogen-bond acceptors (Lipinski definition) is 4. The standard InChI is InChI=1S/C12H15NO2S/c1-3-9(14)7-15-10-4-5-12-11(6-10)13-8(2)16-12/h4-6,9,14H,3,7H2,1-2H3. The molecule has 1 atom stereocenters. The van der Waals surface area contributed by atoms with Crippen molar-refractivity contribution in [2.75, 3.05) is 6.61 Å². The van der Waals surface area contributed by atoms with Crippen LogP contribution in [-0.4, -0.2) is 22.8 Å². The molecule has 3 nitrogen and oxygen atoms in total. The zero-order chi connectivity index (χ0) is 11.5. The highest BCUT2D eigenvalue weighted by Crippen LogP contribution is 2.25. The van der Waals surface area contributed by atoms with Crippen LogP contribution in [0.25, 0.3) is 10.2 Å². The Kier molecular flexibility index (Phi) is 3.41. The lowest BCUT2D eigenvalue weighted by Gasteiger charge is -2.09. The van der Waals surface area contributed by atoms with Crippen LogP contribution in [0.1, 0.15) is 18.4 Å². The molecule has 0 bridgehead atoms. The summed E-state index contributed by atoms with van der Waals surface area (Å²) < 4.78 is 6.66. The molecule has 0 fully saturated rings. The number of aromatic nitrogens is 1. The third kappa shape index (κ3) is 2.51. The third-order valence-electron chi connectivity index (χ3n) is 2.38. The Hall–Kier alpha value is -1.13. The fourth-order valence-corrected chi connectivity index (χ4v) is 2.23. The average Bonchev–Trinajstić information content (AvgIpc) is 2.65. The van der Waals surface area contributed by atoms with Crippen LogP contribution < -0.4 is 4.74 Å². The molecule has 0 radical (unpaired) electrons. The average molecular weight is 237 g/mol. The van der Waals surface area contributed by atoms with Crippen molar-refractivity contribution in [3.05, 3.63) is 23.2 Å². The topological polar surface area (TPSA) is 42.4 Å². The summed E-state index contributed by atoms with van der Waals surface area (Å²) in [5.41, 5.74) is 0.964. The maximum absolute atomic E-state index is 9.40. The number of nitrogens with zero attached hydrogens (tertiary/aromatic N) is 1. The van der Waals surface area contributed by atoms with Crippen LogP contribution >= 0.6 is 11.3 Å². The monoisotopic (exact) mass is 237 g/mol. The molecule has 1 aromatic carbocycles. The zero-order valence-electron chi connectivity index (χ0n) is 9.43. The van der Waals surface area contributed by atoms with Crippen molar-refractivity contribution in [2.24, 2.45) is 0 Å². The summed E-state index contributed by atoms with van der Waals surface area (Å²) >= 11 is 1.67. The van der Waals surface area contributed by atoms with E-state index < -0.39 is 6.10 Å². The van der Waals surface area contributed by atoms with Gasteiger partial charge < -0.3 is 9.84 Å². The van der Waals surface area contributed by atoms with Gasteiger partial charge in [0.25, 0.3) is 0 Å². The van der Waals surface area contributed by atoms with Crippen LogP contribution in [0.15, 0.2) is 18.2 Å². The number of aliphatic hydroxyl groups excluding tert-OH is 1. The van der Waals surface area contributed by atoms with Crippen molar-refractivity contribution in [1.82, 2.24) is 4.98 Å². The molecule has 0 amide bonds. The lowest BCUT2D eigenvalue weighted by atomic mass is 10.3. The van der Waals surface area contributed by atoms with E-state index in [9.17, 15) is 5.11 Å². The van der Waals surface area contributed by atoms with Crippen molar-refractivity contribution >= 4 is 21.6 Å². The van der Waals surface area contributed by atoms with Crippen LogP contribution in [0.5, 0.6) is 5.75 Å². The van der Waals surface area contributed by atoms with Gasteiger partial charge >= 0.3 is 0 Å². The summed E-state index contributed by atoms with van der Waals surface area (Å²) in [6.45, 7) is 4.26. The summed E-state index contributed by atoms with van der Waals surface area (Å²) in [6.07, 6.45) is 0.311. The molecule has 0 spiro atoms. The minimum absolute atomic E-state index is 0.338. The van der Waals surface area contributed by atoms with Gasteiger partial charge in [0.15, 0.2) is 0 Å². The lowest BCUT2D eigenvalue weighted by Crippen LogP contribution is -2.15. The first kappa shape index (κ1) is 11.4. The maximum Gasteiger partial charge on any atom is 0.121 e. The molecule has 0 saturated heterocycles. The van der Waals surface area contributed by atoms with Crippen LogP contribution in [0.2, 0.25) is 0 Å². The molecule has 0 aliphatic heterocycles. The van der Waals surface area contributed by atoms with Crippen molar-refractivity contribution in [3.63, 3.8) is 0 Å². The quantitative estimate of drug-likeness (QED) is 0.889. The second kappa shape index (κ2) is 4.80. The number of aliphatic hydroxyl groups is 1. The molecule has 0 saturated carbocycles. The molecule has 1 heterocycles. The Balaban J connectivity index is 2.13. The molecule has 2 aromatic rings. The maximum atomic E-state index is 9.40. The van der Waals surface area contributed by atoms with Crippen LogP contribution in [0.4, 0.5) is 0 Å². The zero-order valence-corrected chi connectivity index (χ0v) is 10.3. The van der Waals surface area contributed by atoms with E-state index in [0.29, 0.717) is 13.0 Å². The minimum atomic E-state index is -0.395. The number of benzene rings is 1. The molecule has 0 aliphatic rings. The van der Waals surface area contributed by atoms with Crippen LogP contribution in [-0.2, 0) is 0 Å². The third-order valence-corrected chi connectivity index (χ3v) is 3.33. The Labute approximate surface area is 98.7 Å². The Morgan fingerprint density at radius 2 is 2.31 bits per heavy atom. The van der Waals surface area contributed by atoms with Crippen LogP contribution in [0, 0.1) is 6.92 Å². The molecular formula is C12H15NO2S. The molecule has 0 aliphatic carbocycles. The largest absolute Gasteiger partial charge is 0.491 e. The smallest absolute Gasteiger partial charge is 0.121 e. The Bertz CT molecular complexity index is 481. The number of hydrogen-bond donors (Lipinski definition) is 1. The summed E-state index contributed by atoms with van der Waals surface area (Å²) in [5.74, 6) is 0.769. The Morgan fingerprint density at radius 1 is 1.50 bits per heavy atom. The predicted octanol–water partition coefficient (Wildman–Crippen LogP) is 2.75. The van der Waals surface area contributed by atoms with Gasteiger partial charge in [0.05, 0.1) is 21.3 Å². The number of thiazole rings is 1. The molecule has 4 heteroatoms. The summed E-state index contributed by atoms with van der Waals surface area (Å²) in [5, 5.41) is 10.5. The van der Waals surface area contributed by atoms with Gasteiger partial charge in [0.1, 0.15) is 12.4 Å². The van der Waals surface area contributed by atoms with E-state index in [1.54, 1.807) is 11.3 Å². The van der Waals surface area contributed by atoms with Gasteiger partial charge in [0, 0.05) is 6.07 Å². The molecule has 86 valence electrons. The lowest BCUT2D eigenvalue weighted by molar-refractivity contribution is 0.104. The van der Waals surface area contributed by atoms with Gasteiger partial charge in [-0.15, -0.1) is 11.3 Å². The number of fused-ring (bicyclic) bond motifs is 1. The van der Waals surface area contributed by atoms with E-state index in [-0.39, 0.29) is 0 Å². The van der Waals surface area contributed by atoms with Crippen molar-refractivity contribution < 1.29 is 9.84 Å². The molecule has 16 heavy (non-hydrogen) atoms. The molecule has 1 N–H and O–H groups in total. The van der Waals surface area contributed by atoms with Gasteiger partial charge in [-0.05, 0) is 25.5 Å². The van der Waals surface area contributed by atoms with Gasteiger partial charge in [-0.1, -0.05) is 6.92 Å². The van der Waals surface area contributed by atoms with E-state index in [4.69, 9.17) is 4.74 Å². The number of aryl methyl sites for hydroxylation is 1.